The number of fused-ring (bicyclic) bond motifs is 12. The van der Waals surface area contributed by atoms with Gasteiger partial charge in [-0.2, -0.15) is 26.3 Å². The molecule has 6 saturated heterocycles. The zero-order valence-corrected chi connectivity index (χ0v) is 67.1. The van der Waals surface area contributed by atoms with Crippen molar-refractivity contribution in [1.29, 1.82) is 0 Å². The molecular weight excluding hydrogens is 1600 g/mol. The molecule has 8 N–H and O–H groups in total. The number of halogens is 7. The quantitative estimate of drug-likeness (QED) is 0.00871. The summed E-state index contributed by atoms with van der Waals surface area (Å²) in [5.41, 5.74) is 19.8. The Kier molecular flexibility index (Phi) is 30.6. The van der Waals surface area contributed by atoms with E-state index in [1.54, 1.807) is 31.2 Å². The van der Waals surface area contributed by atoms with E-state index in [4.69, 9.17) is 46.9 Å². The number of carbonyl (C=O) groups is 3. The monoisotopic (exact) mass is 1680 g/mol. The normalized spacial score (nSPS) is 19.7. The summed E-state index contributed by atoms with van der Waals surface area (Å²) in [6.45, 7) is 1.75. The fourth-order valence-electron chi connectivity index (χ4n) is 15.4. The van der Waals surface area contributed by atoms with E-state index in [2.05, 4.69) is 67.8 Å². The molecule has 0 radical (unpaired) electrons. The molecule has 6 fully saturated rings. The minimum absolute atomic E-state index is 0. The van der Waals surface area contributed by atoms with Crippen molar-refractivity contribution in [2.45, 2.75) is 140 Å². The summed E-state index contributed by atoms with van der Waals surface area (Å²) in [5, 5.41) is 46.3. The van der Waals surface area contributed by atoms with E-state index in [1.165, 1.54) is 31.1 Å². The molecule has 6 atom stereocenters. The number of nitrogens with one attached hydrogen (secondary N) is 3. The van der Waals surface area contributed by atoms with Crippen molar-refractivity contribution in [2.75, 3.05) is 18.6 Å². The Hall–Kier alpha value is -7.12. The van der Waals surface area contributed by atoms with Crippen LogP contribution in [-0.4, -0.2) is 137 Å². The third kappa shape index (κ3) is 19.5. The number of H-pyrrole nitrogens is 2. The molecule has 0 spiro atoms. The van der Waals surface area contributed by atoms with Crippen LogP contribution in [0, 0.1) is 0 Å². The SMILES string of the molecule is C.CCO.COO.N/C(=N\O)c1ccc2c(c1)Oc1ccccc1C2=C1CC2CCC(C1)N2C(=O)C(F)(F)F.O=C(N1C2CCC1CC(=C1c3ccccc3Oc3cc(-c4noc(=O)[nH]4)ccc31)C2)C(F)(F)F.O=CO[O-].O=c1[nH]c(-c2ccc3c(c2)Oc2ccccc2C3=C2CC3CCC(C2)N3)no1.[2H]CI.[H-].[K+].[K+]. The number of hydrogen-bond acceptors (Lipinski definition) is 20. The Bertz CT molecular complexity index is 4810. The van der Waals surface area contributed by atoms with Gasteiger partial charge in [-0.15, -0.1) is 0 Å². The molecule has 34 heteroatoms. The van der Waals surface area contributed by atoms with E-state index in [0.29, 0.717) is 108 Å². The summed E-state index contributed by atoms with van der Waals surface area (Å²) in [6, 6.07) is 39.0. The number of alkyl halides is 7. The van der Waals surface area contributed by atoms with Crippen LogP contribution in [-0.2, 0) is 24.2 Å². The summed E-state index contributed by atoms with van der Waals surface area (Å²) in [5.74, 6) is -0.127. The number of para-hydroxylation sites is 3. The third-order valence-corrected chi connectivity index (χ3v) is 19.3. The number of rotatable bonds is 4. The number of oxime groups is 1. The van der Waals surface area contributed by atoms with Crippen LogP contribution in [0.25, 0.3) is 39.5 Å². The Balaban J connectivity index is 0.000000211. The Morgan fingerprint density at radius 1 is 0.624 bits per heavy atom. The molecule has 568 valence electrons. The van der Waals surface area contributed by atoms with Gasteiger partial charge in [-0.25, -0.2) is 14.5 Å². The molecule has 2 amide bonds. The summed E-state index contributed by atoms with van der Waals surface area (Å²) < 4.78 is 113. The molecule has 109 heavy (non-hydrogen) atoms. The average molecular weight is 1680 g/mol. The van der Waals surface area contributed by atoms with Gasteiger partial charge in [-0.3, -0.25) is 38.7 Å². The van der Waals surface area contributed by atoms with Gasteiger partial charge >= 0.3 is 138 Å². The van der Waals surface area contributed by atoms with Crippen LogP contribution in [0.1, 0.15) is 133 Å². The van der Waals surface area contributed by atoms with Gasteiger partial charge in [0.2, 0.25) is 0 Å². The number of hydrogen-bond donors (Lipinski definition) is 7. The number of carbonyl (C=O) groups excluding carboxylic acids is 3. The second kappa shape index (κ2) is 38.9. The first-order chi connectivity index (χ1) is 51.5. The standard InChI is InChI=1S/C24H18F3N3O4.C23H20F3N3O3.C22H19N3O3.C2H6O.CH3I.CH2O3.CH4O2.CH4.2K.H/c25-24(26,27)22(31)30-14-6-7-15(30)10-13(9-14)20-16-3-1-2-4-18(16)33-19-11-12(5-8-17(19)20)21-28-23(32)34-29-21;24-23(25,26)22(30)29-14-6-7-15(29)10-13(9-14)20-16-3-1-2-4-18(16)32-19-11-12(21(27)28-31)5-8-17(19)20;26-22-24-21(25-28-22)12-5-8-17-19(11-12)27-18-4-2-1-3-16(18)20(17)13-9-14-6-7-15(10-13)23-14;1-2-3;1-2;2-1-4-3;1-3-2;;;;/h1-5,8,11,14-15H,6-7,9-10H2,(H,28,29,32);1-5,8,11,14-15,31H,6-7,9-10H2,(H2,27,28);1-5,8,11,14-15,23H,6-7,9-10H2,(H,24,25,26);3H,2H2,1H3;1H3;1,3H;2H,1H3;1H4;;;/q;;;;;;;;2*+1;-1/p-1/i;;;;1D;;;;;;. The summed E-state index contributed by atoms with van der Waals surface area (Å²) in [4.78, 5) is 68.9. The van der Waals surface area contributed by atoms with Crippen molar-refractivity contribution < 1.29 is 200 Å². The fraction of sp³-hybridized carbons (Fsp3) is 0.333. The molecule has 6 bridgehead atoms. The van der Waals surface area contributed by atoms with Gasteiger partial charge < -0.3 is 56.9 Å². The summed E-state index contributed by atoms with van der Waals surface area (Å²) in [7, 11) is 1.18. The largest absolute Gasteiger partial charge is 1.00 e. The smallest absolute Gasteiger partial charge is 1.00 e. The van der Waals surface area contributed by atoms with E-state index in [9.17, 15) is 45.5 Å². The molecule has 9 aliphatic heterocycles. The maximum atomic E-state index is 13.2. The van der Waals surface area contributed by atoms with E-state index in [0.717, 1.165) is 95.4 Å². The third-order valence-electron chi connectivity index (χ3n) is 19.3. The number of piperidine rings is 3. The molecule has 6 aromatic carbocycles. The molecule has 11 heterocycles. The van der Waals surface area contributed by atoms with E-state index >= 15 is 0 Å². The Morgan fingerprint density at radius 3 is 1.25 bits per heavy atom. The van der Waals surface area contributed by atoms with Gasteiger partial charge in [0.25, 0.3) is 6.47 Å². The molecule has 25 nitrogen and oxygen atoms in total. The number of ether oxygens (including phenoxy) is 3. The van der Waals surface area contributed by atoms with Crippen LogP contribution in [0.15, 0.2) is 168 Å². The second-order valence-electron chi connectivity index (χ2n) is 25.5. The first kappa shape index (κ1) is 85.9. The Morgan fingerprint density at radius 2 is 0.936 bits per heavy atom. The topological polar surface area (TPSA) is 356 Å². The first-order valence-electron chi connectivity index (χ1n) is 34.1. The molecule has 6 unspecified atom stereocenters. The number of nitrogens with two attached hydrogens (primary N) is 1. The molecule has 8 aromatic rings. The molecule has 0 saturated carbocycles. The number of nitrogens with zero attached hydrogens (tertiary/aromatic N) is 5. The first-order valence-corrected chi connectivity index (χ1v) is 34.9. The number of aliphatic hydroxyl groups is 1. The minimum atomic E-state index is -4.87. The van der Waals surface area contributed by atoms with Crippen LogP contribution >= 0.6 is 22.6 Å². The van der Waals surface area contributed by atoms with Crippen molar-refractivity contribution in [1.82, 2.24) is 35.4 Å². The van der Waals surface area contributed by atoms with Gasteiger partial charge in [-0.1, -0.05) is 135 Å². The van der Waals surface area contributed by atoms with Crippen LogP contribution < -0.4 is 145 Å². The summed E-state index contributed by atoms with van der Waals surface area (Å²) in [6.07, 6.45) is -1.36. The number of aliphatic hydroxyl groups excluding tert-OH is 1. The van der Waals surface area contributed by atoms with Crippen molar-refractivity contribution in [3.63, 3.8) is 0 Å². The van der Waals surface area contributed by atoms with Crippen molar-refractivity contribution in [3.8, 4) is 57.3 Å². The van der Waals surface area contributed by atoms with Crippen LogP contribution in [0.5, 0.6) is 34.5 Å². The molecule has 2 aromatic heterocycles. The van der Waals surface area contributed by atoms with Gasteiger partial charge in [0.1, 0.15) is 34.5 Å². The number of aromatic amines is 2. The molecule has 0 aliphatic carbocycles. The van der Waals surface area contributed by atoms with E-state index in [1.807, 2.05) is 108 Å². The number of benzene rings is 6. The van der Waals surface area contributed by atoms with Crippen molar-refractivity contribution in [3.05, 3.63) is 204 Å². The van der Waals surface area contributed by atoms with Crippen LogP contribution in [0.2, 0.25) is 0 Å². The van der Waals surface area contributed by atoms with Crippen molar-refractivity contribution in [2.24, 2.45) is 10.9 Å². The molecule has 17 rings (SSSR count). The number of aromatic nitrogens is 4. The minimum Gasteiger partial charge on any atom is -1.00 e. The van der Waals surface area contributed by atoms with Crippen LogP contribution in [0.4, 0.5) is 26.3 Å². The Labute approximate surface area is 722 Å². The van der Waals surface area contributed by atoms with E-state index in [-0.39, 0.29) is 136 Å². The maximum absolute atomic E-state index is 13.2. The number of amidine groups is 1. The fourth-order valence-corrected chi connectivity index (χ4v) is 15.4. The zero-order chi connectivity index (χ0) is 76.4. The predicted octanol–water partition coefficient (Wildman–Crippen LogP) is 7.26. The summed E-state index contributed by atoms with van der Waals surface area (Å²) >= 11 is 1.96. The van der Waals surface area contributed by atoms with Gasteiger partial charge in [0, 0.05) is 94.3 Å². The van der Waals surface area contributed by atoms with Gasteiger partial charge in [0.15, 0.2) is 17.5 Å². The van der Waals surface area contributed by atoms with Gasteiger partial charge in [0.05, 0.1) is 7.11 Å². The second-order valence-corrected chi connectivity index (χ2v) is 25.5. The zero-order valence-electron chi connectivity index (χ0n) is 60.7. The van der Waals surface area contributed by atoms with Crippen LogP contribution in [0.3, 0.4) is 0 Å². The van der Waals surface area contributed by atoms with Crippen molar-refractivity contribution >= 4 is 63.4 Å². The average Bonchev–Trinajstić information content (AvgIpc) is 1.74. The molecular formula is C75H76F6IK2N9O16. The maximum Gasteiger partial charge on any atom is 1.00 e. The molecule has 9 aliphatic rings. The number of amides is 2. The van der Waals surface area contributed by atoms with Gasteiger partial charge in [-0.05, 0) is 160 Å². The predicted molar refractivity (Wildman–Crippen MR) is 386 cm³/mol. The van der Waals surface area contributed by atoms with E-state index < -0.39 is 59.8 Å².